The number of carbonyl (C=O) groups excluding carboxylic acids is 1. The highest BCUT2D eigenvalue weighted by atomic mass is 16.6. The van der Waals surface area contributed by atoms with Crippen LogP contribution in [-0.4, -0.2) is 30.6 Å². The molecule has 0 aromatic heterocycles. The third-order valence-corrected chi connectivity index (χ3v) is 3.30. The summed E-state index contributed by atoms with van der Waals surface area (Å²) in [6, 6.07) is 3.19. The maximum Gasteiger partial charge on any atom is 0.294 e. The number of aryl methyl sites for hydroxylation is 1. The number of hydrogen-bond acceptors (Lipinski definition) is 5. The van der Waals surface area contributed by atoms with Crippen LogP contribution in [-0.2, 0) is 16.0 Å². The average molecular weight is 293 g/mol. The summed E-state index contributed by atoms with van der Waals surface area (Å²) in [5.74, 6) is -0.103. The first kappa shape index (κ1) is 15.2. The van der Waals surface area contributed by atoms with Gasteiger partial charge in [-0.05, 0) is 31.4 Å². The van der Waals surface area contributed by atoms with Gasteiger partial charge in [0, 0.05) is 32.2 Å². The summed E-state index contributed by atoms with van der Waals surface area (Å²) in [6.45, 7) is 3.82. The number of amides is 1. The predicted molar refractivity (Wildman–Crippen MR) is 79.6 cm³/mol. The van der Waals surface area contributed by atoms with Crippen LogP contribution in [0.2, 0.25) is 0 Å². The zero-order valence-corrected chi connectivity index (χ0v) is 12.0. The van der Waals surface area contributed by atoms with Crippen LogP contribution in [0.15, 0.2) is 12.1 Å². The number of anilines is 2. The fourth-order valence-corrected chi connectivity index (χ4v) is 2.25. The highest BCUT2D eigenvalue weighted by molar-refractivity contribution is 5.95. The zero-order chi connectivity index (χ0) is 15.2. The highest BCUT2D eigenvalue weighted by Crippen LogP contribution is 2.34. The van der Waals surface area contributed by atoms with Crippen LogP contribution >= 0.6 is 0 Å². The van der Waals surface area contributed by atoms with Crippen molar-refractivity contribution in [2.45, 2.75) is 26.2 Å². The third-order valence-electron chi connectivity index (χ3n) is 3.30. The smallest absolute Gasteiger partial charge is 0.294 e. The van der Waals surface area contributed by atoms with E-state index in [2.05, 4.69) is 10.6 Å². The van der Waals surface area contributed by atoms with E-state index in [9.17, 15) is 14.9 Å². The molecule has 1 aliphatic rings. The maximum atomic E-state index is 11.4. The number of rotatable bonds is 7. The predicted octanol–water partition coefficient (Wildman–Crippen LogP) is 2.32. The molecule has 2 N–H and O–H groups in total. The van der Waals surface area contributed by atoms with Gasteiger partial charge >= 0.3 is 0 Å². The normalized spacial score (nSPS) is 13.5. The van der Waals surface area contributed by atoms with Crippen LogP contribution in [0.4, 0.5) is 17.1 Å². The monoisotopic (exact) mass is 293 g/mol. The van der Waals surface area contributed by atoms with Crippen LogP contribution < -0.4 is 10.6 Å². The molecule has 0 saturated heterocycles. The minimum absolute atomic E-state index is 0.0210. The number of nitrogens with one attached hydrogen (secondary N) is 2. The van der Waals surface area contributed by atoms with E-state index in [1.165, 1.54) is 6.07 Å². The lowest BCUT2D eigenvalue weighted by atomic mass is 10.0. The Morgan fingerprint density at radius 2 is 2.24 bits per heavy atom. The summed E-state index contributed by atoms with van der Waals surface area (Å²) in [5, 5.41) is 16.9. The van der Waals surface area contributed by atoms with Crippen molar-refractivity contribution in [1.29, 1.82) is 0 Å². The quantitative estimate of drug-likeness (QED) is 0.457. The van der Waals surface area contributed by atoms with Gasteiger partial charge in [0.25, 0.3) is 5.69 Å². The molecule has 0 atom stereocenters. The fraction of sp³-hybridized carbons (Fsp3) is 0.500. The Kier molecular flexibility index (Phi) is 5.10. The Morgan fingerprint density at radius 3 is 2.95 bits per heavy atom. The van der Waals surface area contributed by atoms with E-state index in [1.54, 1.807) is 6.07 Å². The van der Waals surface area contributed by atoms with Gasteiger partial charge in [-0.1, -0.05) is 0 Å². The molecule has 0 bridgehead atoms. The molecule has 0 fully saturated rings. The Labute approximate surface area is 122 Å². The molecule has 7 heteroatoms. The van der Waals surface area contributed by atoms with E-state index in [1.807, 2.05) is 6.92 Å². The molecule has 1 aromatic rings. The van der Waals surface area contributed by atoms with Gasteiger partial charge in [0.1, 0.15) is 5.69 Å². The summed E-state index contributed by atoms with van der Waals surface area (Å²) in [5.41, 5.74) is 1.93. The maximum absolute atomic E-state index is 11.4. The lowest BCUT2D eigenvalue weighted by Crippen LogP contribution is -2.19. The third kappa shape index (κ3) is 3.91. The molecular formula is C14H19N3O4. The summed E-state index contributed by atoms with van der Waals surface area (Å²) in [7, 11) is 0. The van der Waals surface area contributed by atoms with E-state index < -0.39 is 4.92 Å². The average Bonchev–Trinajstić information content (AvgIpc) is 2.46. The number of hydrogen-bond donors (Lipinski definition) is 2. The van der Waals surface area contributed by atoms with Crippen LogP contribution in [0.25, 0.3) is 0 Å². The minimum Gasteiger partial charge on any atom is -0.382 e. The Morgan fingerprint density at radius 1 is 1.43 bits per heavy atom. The van der Waals surface area contributed by atoms with Gasteiger partial charge in [-0.15, -0.1) is 0 Å². The number of nitro benzene ring substituents is 1. The molecule has 7 nitrogen and oxygen atoms in total. The van der Waals surface area contributed by atoms with E-state index in [-0.39, 0.29) is 11.6 Å². The van der Waals surface area contributed by atoms with Crippen molar-refractivity contribution in [3.63, 3.8) is 0 Å². The molecule has 21 heavy (non-hydrogen) atoms. The van der Waals surface area contributed by atoms with Gasteiger partial charge in [-0.2, -0.15) is 0 Å². The molecule has 2 rings (SSSR count). The molecule has 0 saturated carbocycles. The van der Waals surface area contributed by atoms with E-state index in [0.717, 1.165) is 12.0 Å². The van der Waals surface area contributed by atoms with Crippen molar-refractivity contribution in [1.82, 2.24) is 0 Å². The SMILES string of the molecule is CCOCCCNc1cc2c(cc1[N+](=O)[O-])NC(=O)CC2. The number of fused-ring (bicyclic) bond motifs is 1. The van der Waals surface area contributed by atoms with Gasteiger partial charge in [-0.3, -0.25) is 14.9 Å². The Balaban J connectivity index is 2.12. The van der Waals surface area contributed by atoms with Crippen molar-refractivity contribution in [3.05, 3.63) is 27.8 Å². The first-order valence-electron chi connectivity index (χ1n) is 7.04. The van der Waals surface area contributed by atoms with Gasteiger partial charge in [0.15, 0.2) is 0 Å². The molecule has 0 unspecified atom stereocenters. The number of nitro groups is 1. The molecule has 0 radical (unpaired) electrons. The Hall–Kier alpha value is -2.15. The van der Waals surface area contributed by atoms with E-state index in [4.69, 9.17) is 4.74 Å². The molecule has 0 spiro atoms. The van der Waals surface area contributed by atoms with Crippen LogP contribution in [0, 0.1) is 10.1 Å². The fourth-order valence-electron chi connectivity index (χ4n) is 2.25. The van der Waals surface area contributed by atoms with Gasteiger partial charge < -0.3 is 15.4 Å². The lowest BCUT2D eigenvalue weighted by Gasteiger charge is -2.18. The van der Waals surface area contributed by atoms with Crippen LogP contribution in [0.5, 0.6) is 0 Å². The van der Waals surface area contributed by atoms with Crippen LogP contribution in [0.3, 0.4) is 0 Å². The minimum atomic E-state index is -0.439. The van der Waals surface area contributed by atoms with E-state index in [0.29, 0.717) is 44.0 Å². The second-order valence-corrected chi connectivity index (χ2v) is 4.81. The topological polar surface area (TPSA) is 93.5 Å². The number of benzene rings is 1. The summed E-state index contributed by atoms with van der Waals surface area (Å²) >= 11 is 0. The zero-order valence-electron chi connectivity index (χ0n) is 12.0. The summed E-state index contributed by atoms with van der Waals surface area (Å²) < 4.78 is 5.23. The summed E-state index contributed by atoms with van der Waals surface area (Å²) in [4.78, 5) is 22.1. The number of carbonyl (C=O) groups is 1. The van der Waals surface area contributed by atoms with Crippen molar-refractivity contribution in [2.24, 2.45) is 0 Å². The van der Waals surface area contributed by atoms with Crippen molar-refractivity contribution in [3.8, 4) is 0 Å². The number of nitrogens with zero attached hydrogens (tertiary/aromatic N) is 1. The molecule has 1 aliphatic heterocycles. The molecule has 1 aromatic carbocycles. The standard InChI is InChI=1S/C14H19N3O4/c1-2-21-7-3-6-15-12-8-10-4-5-14(18)16-11(10)9-13(12)17(19)20/h8-9,15H,2-7H2,1H3,(H,16,18). The largest absolute Gasteiger partial charge is 0.382 e. The molecule has 1 heterocycles. The molecule has 0 aliphatic carbocycles. The first-order valence-corrected chi connectivity index (χ1v) is 7.04. The highest BCUT2D eigenvalue weighted by Gasteiger charge is 2.22. The molecule has 1 amide bonds. The van der Waals surface area contributed by atoms with Crippen molar-refractivity contribution < 1.29 is 14.5 Å². The van der Waals surface area contributed by atoms with Gasteiger partial charge in [0.2, 0.25) is 5.91 Å². The van der Waals surface area contributed by atoms with Crippen molar-refractivity contribution >= 4 is 23.0 Å². The van der Waals surface area contributed by atoms with Gasteiger partial charge in [-0.25, -0.2) is 0 Å². The first-order chi connectivity index (χ1) is 10.1. The van der Waals surface area contributed by atoms with E-state index >= 15 is 0 Å². The summed E-state index contributed by atoms with van der Waals surface area (Å²) in [6.07, 6.45) is 1.79. The second-order valence-electron chi connectivity index (χ2n) is 4.81. The number of ether oxygens (including phenoxy) is 1. The van der Waals surface area contributed by atoms with Crippen molar-refractivity contribution in [2.75, 3.05) is 30.4 Å². The van der Waals surface area contributed by atoms with Gasteiger partial charge in [0.05, 0.1) is 10.6 Å². The Bertz CT molecular complexity index is 545. The second kappa shape index (κ2) is 7.03. The molecular weight excluding hydrogens is 274 g/mol. The molecule has 114 valence electrons. The van der Waals surface area contributed by atoms with Crippen LogP contribution in [0.1, 0.15) is 25.3 Å². The lowest BCUT2D eigenvalue weighted by molar-refractivity contribution is -0.383.